The molecule has 1 aliphatic rings. The lowest BCUT2D eigenvalue weighted by Gasteiger charge is -2.09. The van der Waals surface area contributed by atoms with Crippen LogP contribution in [0.2, 0.25) is 0 Å². The predicted octanol–water partition coefficient (Wildman–Crippen LogP) is 4.89. The standard InChI is InChI=1S/C21H18O2/c22-20(15-14-17-8-4-5-9-17)19-12-6-7-13-21(19)23-16-18-10-2-1-3-11-18/h1-8,10-15H,9,16H2/b15-14+. The first-order chi connectivity index (χ1) is 11.3. The van der Waals surface area contributed by atoms with E-state index in [1.54, 1.807) is 12.1 Å². The van der Waals surface area contributed by atoms with Gasteiger partial charge in [-0.2, -0.15) is 0 Å². The van der Waals surface area contributed by atoms with Crippen molar-refractivity contribution in [2.75, 3.05) is 0 Å². The zero-order chi connectivity index (χ0) is 15.9. The van der Waals surface area contributed by atoms with Crippen molar-refractivity contribution in [3.63, 3.8) is 0 Å². The minimum atomic E-state index is -0.0403. The molecular weight excluding hydrogens is 284 g/mol. The quantitative estimate of drug-likeness (QED) is 0.561. The third-order valence-corrected chi connectivity index (χ3v) is 3.64. The zero-order valence-corrected chi connectivity index (χ0v) is 12.8. The Morgan fingerprint density at radius 3 is 2.61 bits per heavy atom. The Morgan fingerprint density at radius 2 is 1.83 bits per heavy atom. The van der Waals surface area contributed by atoms with Crippen molar-refractivity contribution in [2.45, 2.75) is 13.0 Å². The number of carbonyl (C=O) groups is 1. The molecule has 2 heteroatoms. The highest BCUT2D eigenvalue weighted by molar-refractivity contribution is 6.06. The average molecular weight is 302 g/mol. The number of benzene rings is 2. The number of allylic oxidation sites excluding steroid dienone is 6. The molecule has 0 aliphatic heterocycles. The van der Waals surface area contributed by atoms with E-state index in [0.717, 1.165) is 17.6 Å². The largest absolute Gasteiger partial charge is 0.488 e. The fraction of sp³-hybridized carbons (Fsp3) is 0.0952. The minimum absolute atomic E-state index is 0.0403. The van der Waals surface area contributed by atoms with Crippen LogP contribution in [-0.4, -0.2) is 5.78 Å². The smallest absolute Gasteiger partial charge is 0.189 e. The summed E-state index contributed by atoms with van der Waals surface area (Å²) in [5.74, 6) is 0.575. The average Bonchev–Trinajstić information content (AvgIpc) is 3.12. The second-order valence-corrected chi connectivity index (χ2v) is 5.34. The van der Waals surface area contributed by atoms with Gasteiger partial charge in [-0.1, -0.05) is 66.8 Å². The van der Waals surface area contributed by atoms with E-state index in [2.05, 4.69) is 6.08 Å². The van der Waals surface area contributed by atoms with Gasteiger partial charge >= 0.3 is 0 Å². The third kappa shape index (κ3) is 4.07. The van der Waals surface area contributed by atoms with Crippen LogP contribution < -0.4 is 4.74 Å². The second-order valence-electron chi connectivity index (χ2n) is 5.34. The van der Waals surface area contributed by atoms with Gasteiger partial charge in [0.15, 0.2) is 5.78 Å². The van der Waals surface area contributed by atoms with Crippen LogP contribution in [0.3, 0.4) is 0 Å². The molecule has 0 saturated heterocycles. The molecule has 114 valence electrons. The molecule has 2 nitrogen and oxygen atoms in total. The number of hydrogen-bond donors (Lipinski definition) is 0. The number of carbonyl (C=O) groups excluding carboxylic acids is 1. The van der Waals surface area contributed by atoms with E-state index < -0.39 is 0 Å². The Morgan fingerprint density at radius 1 is 1.04 bits per heavy atom. The maximum Gasteiger partial charge on any atom is 0.189 e. The molecule has 1 aliphatic carbocycles. The van der Waals surface area contributed by atoms with Crippen LogP contribution in [-0.2, 0) is 6.61 Å². The van der Waals surface area contributed by atoms with E-state index in [4.69, 9.17) is 4.74 Å². The van der Waals surface area contributed by atoms with Crippen LogP contribution in [0.25, 0.3) is 0 Å². The second kappa shape index (κ2) is 7.41. The predicted molar refractivity (Wildman–Crippen MR) is 92.5 cm³/mol. The molecule has 0 heterocycles. The Hall–Kier alpha value is -2.87. The van der Waals surface area contributed by atoms with Crippen molar-refractivity contribution in [3.8, 4) is 5.75 Å². The third-order valence-electron chi connectivity index (χ3n) is 3.64. The number of rotatable bonds is 6. The maximum atomic E-state index is 12.4. The van der Waals surface area contributed by atoms with E-state index >= 15 is 0 Å². The first-order valence-corrected chi connectivity index (χ1v) is 7.67. The van der Waals surface area contributed by atoms with Crippen LogP contribution in [0, 0.1) is 0 Å². The van der Waals surface area contributed by atoms with Crippen molar-refractivity contribution in [1.82, 2.24) is 0 Å². The van der Waals surface area contributed by atoms with Crippen LogP contribution in [0.5, 0.6) is 5.75 Å². The number of ketones is 1. The molecule has 0 unspecified atom stereocenters. The Balaban J connectivity index is 1.71. The van der Waals surface area contributed by atoms with Crippen LogP contribution >= 0.6 is 0 Å². The SMILES string of the molecule is O=C(/C=C/C1=CC=CC1)c1ccccc1OCc1ccccc1. The normalized spacial score (nSPS) is 13.3. The summed E-state index contributed by atoms with van der Waals surface area (Å²) < 4.78 is 5.83. The molecule has 0 atom stereocenters. The summed E-state index contributed by atoms with van der Waals surface area (Å²) >= 11 is 0. The minimum Gasteiger partial charge on any atom is -0.488 e. The number of para-hydroxylation sites is 1. The van der Waals surface area contributed by atoms with Gasteiger partial charge in [0.1, 0.15) is 12.4 Å². The van der Waals surface area contributed by atoms with Gasteiger partial charge in [-0.15, -0.1) is 0 Å². The van der Waals surface area contributed by atoms with Gasteiger partial charge < -0.3 is 4.74 Å². The summed E-state index contributed by atoms with van der Waals surface area (Å²) in [5, 5.41) is 0. The molecule has 2 aromatic carbocycles. The van der Waals surface area contributed by atoms with Crippen molar-refractivity contribution in [1.29, 1.82) is 0 Å². The number of hydrogen-bond acceptors (Lipinski definition) is 2. The lowest BCUT2D eigenvalue weighted by Crippen LogP contribution is -2.02. The molecule has 0 bridgehead atoms. The van der Waals surface area contributed by atoms with Crippen LogP contribution in [0.15, 0.2) is 90.6 Å². The van der Waals surface area contributed by atoms with E-state index in [-0.39, 0.29) is 5.78 Å². The lowest BCUT2D eigenvalue weighted by atomic mass is 10.1. The fourth-order valence-electron chi connectivity index (χ4n) is 2.39. The summed E-state index contributed by atoms with van der Waals surface area (Å²) in [6.07, 6.45) is 10.5. The molecule has 0 radical (unpaired) electrons. The van der Waals surface area contributed by atoms with Gasteiger partial charge in [0.2, 0.25) is 0 Å². The van der Waals surface area contributed by atoms with Gasteiger partial charge in [0.05, 0.1) is 5.56 Å². The Labute approximate surface area is 136 Å². The van der Waals surface area contributed by atoms with E-state index in [1.165, 1.54) is 0 Å². The van der Waals surface area contributed by atoms with Gasteiger partial charge in [-0.25, -0.2) is 0 Å². The highest BCUT2D eigenvalue weighted by Gasteiger charge is 2.10. The van der Waals surface area contributed by atoms with Crippen LogP contribution in [0.4, 0.5) is 0 Å². The van der Waals surface area contributed by atoms with Crippen molar-refractivity contribution >= 4 is 5.78 Å². The van der Waals surface area contributed by atoms with E-state index in [9.17, 15) is 4.79 Å². The topological polar surface area (TPSA) is 26.3 Å². The maximum absolute atomic E-state index is 12.4. The molecule has 0 N–H and O–H groups in total. The molecular formula is C21H18O2. The van der Waals surface area contributed by atoms with Gasteiger partial charge in [-0.05, 0) is 35.8 Å². The highest BCUT2D eigenvalue weighted by Crippen LogP contribution is 2.21. The summed E-state index contributed by atoms with van der Waals surface area (Å²) in [6, 6.07) is 17.3. The Kier molecular flexibility index (Phi) is 4.85. The molecule has 0 aromatic heterocycles. The first-order valence-electron chi connectivity index (χ1n) is 7.67. The molecule has 0 saturated carbocycles. The van der Waals surface area contributed by atoms with Gasteiger partial charge in [0, 0.05) is 0 Å². The van der Waals surface area contributed by atoms with Crippen molar-refractivity contribution < 1.29 is 9.53 Å². The summed E-state index contributed by atoms with van der Waals surface area (Å²) in [6.45, 7) is 0.448. The van der Waals surface area contributed by atoms with Gasteiger partial charge in [-0.3, -0.25) is 4.79 Å². The molecule has 3 rings (SSSR count). The monoisotopic (exact) mass is 302 g/mol. The first kappa shape index (κ1) is 15.0. The van der Waals surface area contributed by atoms with Gasteiger partial charge in [0.25, 0.3) is 0 Å². The molecule has 0 amide bonds. The molecule has 2 aromatic rings. The summed E-state index contributed by atoms with van der Waals surface area (Å²) in [4.78, 5) is 12.4. The van der Waals surface area contributed by atoms with E-state index in [1.807, 2.05) is 66.8 Å². The summed E-state index contributed by atoms with van der Waals surface area (Å²) in [7, 11) is 0. The van der Waals surface area contributed by atoms with Crippen molar-refractivity contribution in [2.24, 2.45) is 0 Å². The Bertz CT molecular complexity index is 767. The van der Waals surface area contributed by atoms with Crippen LogP contribution in [0.1, 0.15) is 22.3 Å². The number of ether oxygens (including phenoxy) is 1. The van der Waals surface area contributed by atoms with E-state index in [0.29, 0.717) is 17.9 Å². The molecule has 23 heavy (non-hydrogen) atoms. The lowest BCUT2D eigenvalue weighted by molar-refractivity contribution is 0.104. The highest BCUT2D eigenvalue weighted by atomic mass is 16.5. The van der Waals surface area contributed by atoms with Crippen molar-refractivity contribution in [3.05, 3.63) is 102 Å². The fourth-order valence-corrected chi connectivity index (χ4v) is 2.39. The molecule has 0 fully saturated rings. The molecule has 0 spiro atoms. The zero-order valence-electron chi connectivity index (χ0n) is 12.8. The summed E-state index contributed by atoms with van der Waals surface area (Å²) in [5.41, 5.74) is 2.81.